The quantitative estimate of drug-likeness (QED) is 0.877. The summed E-state index contributed by atoms with van der Waals surface area (Å²) < 4.78 is 11.0. The second kappa shape index (κ2) is 7.14. The smallest absolute Gasteiger partial charge is 0.124 e. The van der Waals surface area contributed by atoms with E-state index >= 15 is 0 Å². The van der Waals surface area contributed by atoms with Crippen molar-refractivity contribution in [1.29, 1.82) is 0 Å². The van der Waals surface area contributed by atoms with Gasteiger partial charge in [-0.2, -0.15) is 0 Å². The Balaban J connectivity index is 2.21. The Kier molecular flexibility index (Phi) is 5.23. The number of aryl methyl sites for hydroxylation is 1. The Bertz CT molecular complexity index is 578. The second-order valence-electron chi connectivity index (χ2n) is 5.14. The number of hydrogen-bond acceptors (Lipinski definition) is 3. The average molecular weight is 285 g/mol. The minimum atomic E-state index is -0.208. The number of nitrogens with two attached hydrogens (primary N) is 1. The fourth-order valence-corrected chi connectivity index (χ4v) is 2.25. The van der Waals surface area contributed by atoms with Crippen LogP contribution in [0, 0.1) is 6.92 Å². The first-order valence-corrected chi connectivity index (χ1v) is 7.28. The van der Waals surface area contributed by atoms with E-state index in [0.717, 1.165) is 41.2 Å². The van der Waals surface area contributed by atoms with Crippen molar-refractivity contribution in [1.82, 2.24) is 0 Å². The molecule has 0 saturated carbocycles. The molecule has 2 N–H and O–H groups in total. The highest BCUT2D eigenvalue weighted by Crippen LogP contribution is 2.30. The maximum Gasteiger partial charge on any atom is 0.124 e. The zero-order chi connectivity index (χ0) is 15.2. The lowest BCUT2D eigenvalue weighted by Gasteiger charge is -2.17. The topological polar surface area (TPSA) is 44.5 Å². The summed E-state index contributed by atoms with van der Waals surface area (Å²) in [5.41, 5.74) is 9.56. The predicted molar refractivity (Wildman–Crippen MR) is 86.0 cm³/mol. The largest absolute Gasteiger partial charge is 0.496 e. The number of hydrogen-bond donors (Lipinski definition) is 1. The van der Waals surface area contributed by atoms with Gasteiger partial charge in [-0.25, -0.2) is 0 Å². The van der Waals surface area contributed by atoms with Crippen molar-refractivity contribution in [2.24, 2.45) is 5.73 Å². The molecule has 2 rings (SSSR count). The van der Waals surface area contributed by atoms with Gasteiger partial charge in [-0.05, 0) is 42.7 Å². The van der Waals surface area contributed by atoms with Gasteiger partial charge in [0.1, 0.15) is 11.5 Å². The highest BCUT2D eigenvalue weighted by atomic mass is 16.5. The van der Waals surface area contributed by atoms with Gasteiger partial charge < -0.3 is 15.2 Å². The number of benzene rings is 2. The summed E-state index contributed by atoms with van der Waals surface area (Å²) in [4.78, 5) is 0. The lowest BCUT2D eigenvalue weighted by Crippen LogP contribution is -2.13. The van der Waals surface area contributed by atoms with E-state index < -0.39 is 0 Å². The van der Waals surface area contributed by atoms with Gasteiger partial charge in [-0.1, -0.05) is 31.2 Å². The van der Waals surface area contributed by atoms with Crippen molar-refractivity contribution in [2.75, 3.05) is 13.7 Å². The second-order valence-corrected chi connectivity index (χ2v) is 5.14. The van der Waals surface area contributed by atoms with E-state index in [9.17, 15) is 0 Å². The summed E-state index contributed by atoms with van der Waals surface area (Å²) in [6.45, 7) is 4.86. The molecule has 0 aliphatic heterocycles. The van der Waals surface area contributed by atoms with E-state index in [4.69, 9.17) is 15.2 Å². The molecule has 112 valence electrons. The summed E-state index contributed by atoms with van der Waals surface area (Å²) in [6.07, 6.45) is 1.00. The summed E-state index contributed by atoms with van der Waals surface area (Å²) in [5, 5.41) is 0. The molecule has 1 atom stereocenters. The van der Waals surface area contributed by atoms with Crippen molar-refractivity contribution in [3.05, 3.63) is 59.2 Å². The van der Waals surface area contributed by atoms with E-state index in [1.54, 1.807) is 7.11 Å². The van der Waals surface area contributed by atoms with Gasteiger partial charge in [-0.15, -0.1) is 0 Å². The lowest BCUT2D eigenvalue weighted by molar-refractivity contribution is 0.317. The fraction of sp³-hybridized carbons (Fsp3) is 0.333. The van der Waals surface area contributed by atoms with Crippen LogP contribution in [-0.2, 0) is 0 Å². The number of methoxy groups -OCH3 is 1. The van der Waals surface area contributed by atoms with Crippen LogP contribution in [-0.4, -0.2) is 13.7 Å². The van der Waals surface area contributed by atoms with Crippen LogP contribution in [0.3, 0.4) is 0 Å². The Morgan fingerprint density at radius 2 is 1.81 bits per heavy atom. The zero-order valence-electron chi connectivity index (χ0n) is 12.9. The van der Waals surface area contributed by atoms with Crippen molar-refractivity contribution in [3.63, 3.8) is 0 Å². The normalized spacial score (nSPS) is 12.0. The van der Waals surface area contributed by atoms with Crippen LogP contribution in [0.1, 0.15) is 36.1 Å². The molecule has 0 saturated heterocycles. The highest BCUT2D eigenvalue weighted by molar-refractivity contribution is 5.44. The molecule has 2 aromatic carbocycles. The molecular formula is C18H23NO2. The molecule has 0 aliphatic carbocycles. The molecule has 3 nitrogen and oxygen atoms in total. The molecule has 2 aromatic rings. The van der Waals surface area contributed by atoms with Crippen molar-refractivity contribution >= 4 is 0 Å². The average Bonchev–Trinajstić information content (AvgIpc) is 2.52. The van der Waals surface area contributed by atoms with E-state index in [1.807, 2.05) is 43.3 Å². The Labute approximate surface area is 126 Å². The maximum atomic E-state index is 6.37. The summed E-state index contributed by atoms with van der Waals surface area (Å²) in [7, 11) is 1.67. The van der Waals surface area contributed by atoms with Crippen molar-refractivity contribution < 1.29 is 9.47 Å². The van der Waals surface area contributed by atoms with Gasteiger partial charge in [-0.3, -0.25) is 0 Å². The number of ether oxygens (including phenoxy) is 2. The first kappa shape index (κ1) is 15.4. The van der Waals surface area contributed by atoms with Crippen LogP contribution in [0.4, 0.5) is 0 Å². The SMILES string of the molecule is CCCOc1ccc(C(N)c2ccc(C)cc2OC)cc1. The van der Waals surface area contributed by atoms with Gasteiger partial charge >= 0.3 is 0 Å². The molecule has 0 aromatic heterocycles. The van der Waals surface area contributed by atoms with Gasteiger partial charge in [0, 0.05) is 5.56 Å². The monoisotopic (exact) mass is 285 g/mol. The standard InChI is InChI=1S/C18H23NO2/c1-4-11-21-15-8-6-14(7-9-15)18(19)16-10-5-13(2)12-17(16)20-3/h5-10,12,18H,4,11,19H2,1-3H3. The zero-order valence-corrected chi connectivity index (χ0v) is 12.9. The maximum absolute atomic E-state index is 6.37. The van der Waals surface area contributed by atoms with E-state index in [-0.39, 0.29) is 6.04 Å². The Morgan fingerprint density at radius 1 is 1.10 bits per heavy atom. The molecule has 0 bridgehead atoms. The summed E-state index contributed by atoms with van der Waals surface area (Å²) >= 11 is 0. The molecule has 0 radical (unpaired) electrons. The first-order valence-electron chi connectivity index (χ1n) is 7.28. The van der Waals surface area contributed by atoms with Crippen LogP contribution >= 0.6 is 0 Å². The highest BCUT2D eigenvalue weighted by Gasteiger charge is 2.14. The molecule has 0 aliphatic rings. The summed E-state index contributed by atoms with van der Waals surface area (Å²) in [6, 6.07) is 13.8. The van der Waals surface area contributed by atoms with Gasteiger partial charge in [0.05, 0.1) is 19.8 Å². The molecule has 0 amide bonds. The van der Waals surface area contributed by atoms with E-state index in [1.165, 1.54) is 0 Å². The van der Waals surface area contributed by atoms with E-state index in [2.05, 4.69) is 13.0 Å². The molecular weight excluding hydrogens is 262 g/mol. The minimum Gasteiger partial charge on any atom is -0.496 e. The molecule has 0 spiro atoms. The van der Waals surface area contributed by atoms with Crippen LogP contribution in [0.2, 0.25) is 0 Å². The van der Waals surface area contributed by atoms with Gasteiger partial charge in [0.25, 0.3) is 0 Å². The minimum absolute atomic E-state index is 0.208. The third-order valence-electron chi connectivity index (χ3n) is 3.44. The molecule has 3 heteroatoms. The van der Waals surface area contributed by atoms with Crippen LogP contribution in [0.15, 0.2) is 42.5 Å². The van der Waals surface area contributed by atoms with Crippen LogP contribution in [0.25, 0.3) is 0 Å². The predicted octanol–water partition coefficient (Wildman–Crippen LogP) is 3.84. The fourth-order valence-electron chi connectivity index (χ4n) is 2.25. The molecule has 0 heterocycles. The third-order valence-corrected chi connectivity index (χ3v) is 3.44. The van der Waals surface area contributed by atoms with Gasteiger partial charge in [0.2, 0.25) is 0 Å². The molecule has 1 unspecified atom stereocenters. The number of rotatable bonds is 6. The van der Waals surface area contributed by atoms with Gasteiger partial charge in [0.15, 0.2) is 0 Å². The van der Waals surface area contributed by atoms with Crippen LogP contribution in [0.5, 0.6) is 11.5 Å². The first-order chi connectivity index (χ1) is 10.2. The molecule has 21 heavy (non-hydrogen) atoms. The summed E-state index contributed by atoms with van der Waals surface area (Å²) in [5.74, 6) is 1.71. The Hall–Kier alpha value is -2.00. The van der Waals surface area contributed by atoms with E-state index in [0.29, 0.717) is 0 Å². The van der Waals surface area contributed by atoms with Crippen LogP contribution < -0.4 is 15.2 Å². The van der Waals surface area contributed by atoms with Crippen molar-refractivity contribution in [3.8, 4) is 11.5 Å². The Morgan fingerprint density at radius 3 is 2.43 bits per heavy atom. The van der Waals surface area contributed by atoms with Crippen molar-refractivity contribution in [2.45, 2.75) is 26.3 Å². The molecule has 0 fully saturated rings. The lowest BCUT2D eigenvalue weighted by atomic mass is 9.97. The third kappa shape index (κ3) is 3.76.